The molecule has 0 aromatic heterocycles. The first kappa shape index (κ1) is 21.5. The summed E-state index contributed by atoms with van der Waals surface area (Å²) in [6.07, 6.45) is 1.12. The summed E-state index contributed by atoms with van der Waals surface area (Å²) in [7, 11) is 0. The van der Waals surface area contributed by atoms with E-state index in [9.17, 15) is 15.0 Å². The second kappa shape index (κ2) is 8.20. The van der Waals surface area contributed by atoms with Gasteiger partial charge in [0, 0.05) is 12.3 Å². The minimum Gasteiger partial charge on any atom is -0.489 e. The number of carbonyl (C=O) groups excluding carboxylic acids is 1. The predicted octanol–water partition coefficient (Wildman–Crippen LogP) is 4.00. The summed E-state index contributed by atoms with van der Waals surface area (Å²) in [5.74, 6) is 1.02. The lowest BCUT2D eigenvalue weighted by Crippen LogP contribution is -2.47. The fourth-order valence-electron chi connectivity index (χ4n) is 6.81. The topological polar surface area (TPSA) is 76.0 Å². The van der Waals surface area contributed by atoms with Gasteiger partial charge in [-0.15, -0.1) is 0 Å². The molecule has 3 aliphatic rings. The highest BCUT2D eigenvalue weighted by Gasteiger charge is 2.64. The van der Waals surface area contributed by atoms with Crippen molar-refractivity contribution in [1.82, 2.24) is 0 Å². The van der Waals surface area contributed by atoms with Crippen LogP contribution in [0.2, 0.25) is 0 Å². The molecule has 1 unspecified atom stereocenters. The van der Waals surface area contributed by atoms with E-state index in [0.717, 1.165) is 37.0 Å². The molecular formula is C27H32O5. The number of ether oxygens (including phenoxy) is 2. The molecule has 0 heterocycles. The molecule has 3 aliphatic carbocycles. The Labute approximate surface area is 189 Å². The first-order valence-electron chi connectivity index (χ1n) is 11.7. The van der Waals surface area contributed by atoms with Crippen LogP contribution in [-0.2, 0) is 22.6 Å². The molecule has 5 rings (SSSR count). The van der Waals surface area contributed by atoms with Gasteiger partial charge in [0.05, 0.1) is 6.10 Å². The molecule has 2 N–H and O–H groups in total. The lowest BCUT2D eigenvalue weighted by Gasteiger charge is -2.50. The molecule has 2 saturated carbocycles. The van der Waals surface area contributed by atoms with Crippen LogP contribution in [-0.4, -0.2) is 34.5 Å². The molecule has 7 atom stereocenters. The number of fused-ring (bicyclic) bond motifs is 5. The van der Waals surface area contributed by atoms with E-state index in [-0.39, 0.29) is 11.8 Å². The molecule has 2 aromatic rings. The third kappa shape index (κ3) is 3.52. The van der Waals surface area contributed by atoms with Gasteiger partial charge in [-0.25, -0.2) is 0 Å². The van der Waals surface area contributed by atoms with E-state index < -0.39 is 29.7 Å². The van der Waals surface area contributed by atoms with Crippen molar-refractivity contribution >= 4 is 5.97 Å². The summed E-state index contributed by atoms with van der Waals surface area (Å²) in [6, 6.07) is 16.6. The van der Waals surface area contributed by atoms with Gasteiger partial charge in [-0.3, -0.25) is 4.79 Å². The standard InChI is InChI=1S/C27H32O5/c1-16(28)32-26-25(30)24(29)23-22-10-8-18-14-19(31-15-17-6-4-3-5-7-17)9-11-20(18)21(22)12-13-27(23,26)2/h3-7,9,11,14,21-26,29-30H,8,10,12-13,15H2,1-2H3/t21-,22-,23?,24-,25-,26+,27+/m1/s1. The minimum absolute atomic E-state index is 0.0808. The van der Waals surface area contributed by atoms with Crippen molar-refractivity contribution in [2.75, 3.05) is 0 Å². The Morgan fingerprint density at radius 1 is 1.09 bits per heavy atom. The summed E-state index contributed by atoms with van der Waals surface area (Å²) in [4.78, 5) is 11.7. The molecule has 0 spiro atoms. The summed E-state index contributed by atoms with van der Waals surface area (Å²) in [6.45, 7) is 4.00. The Bertz CT molecular complexity index is 989. The lowest BCUT2D eigenvalue weighted by atomic mass is 9.55. The van der Waals surface area contributed by atoms with Gasteiger partial charge in [-0.05, 0) is 72.3 Å². The molecule has 170 valence electrons. The van der Waals surface area contributed by atoms with E-state index in [4.69, 9.17) is 9.47 Å². The normalized spacial score (nSPS) is 35.4. The van der Waals surface area contributed by atoms with Crippen molar-refractivity contribution < 1.29 is 24.5 Å². The van der Waals surface area contributed by atoms with Crippen molar-refractivity contribution in [3.8, 4) is 5.75 Å². The van der Waals surface area contributed by atoms with Gasteiger partial charge in [-0.1, -0.05) is 43.3 Å². The number of aryl methyl sites for hydroxylation is 1. The Balaban J connectivity index is 1.36. The average molecular weight is 437 g/mol. The van der Waals surface area contributed by atoms with Crippen molar-refractivity contribution in [2.45, 2.75) is 70.4 Å². The smallest absolute Gasteiger partial charge is 0.303 e. The summed E-state index contributed by atoms with van der Waals surface area (Å²) >= 11 is 0. The van der Waals surface area contributed by atoms with E-state index in [1.54, 1.807) is 0 Å². The van der Waals surface area contributed by atoms with Gasteiger partial charge < -0.3 is 19.7 Å². The van der Waals surface area contributed by atoms with Crippen LogP contribution < -0.4 is 4.74 Å². The van der Waals surface area contributed by atoms with Gasteiger partial charge in [0.1, 0.15) is 24.6 Å². The maximum atomic E-state index is 11.7. The predicted molar refractivity (Wildman–Crippen MR) is 120 cm³/mol. The van der Waals surface area contributed by atoms with Gasteiger partial charge in [0.25, 0.3) is 0 Å². The molecule has 0 bridgehead atoms. The fraction of sp³-hybridized carbons (Fsp3) is 0.519. The largest absolute Gasteiger partial charge is 0.489 e. The van der Waals surface area contributed by atoms with Crippen molar-refractivity contribution in [1.29, 1.82) is 0 Å². The van der Waals surface area contributed by atoms with Crippen LogP contribution in [0.25, 0.3) is 0 Å². The van der Waals surface area contributed by atoms with Crippen LogP contribution in [0.3, 0.4) is 0 Å². The van der Waals surface area contributed by atoms with Crippen molar-refractivity contribution in [3.63, 3.8) is 0 Å². The Morgan fingerprint density at radius 3 is 2.62 bits per heavy atom. The van der Waals surface area contributed by atoms with Crippen LogP contribution in [0, 0.1) is 17.3 Å². The molecule has 32 heavy (non-hydrogen) atoms. The summed E-state index contributed by atoms with van der Waals surface area (Å²) in [5, 5.41) is 21.7. The highest BCUT2D eigenvalue weighted by molar-refractivity contribution is 5.66. The molecule has 5 nitrogen and oxygen atoms in total. The Kier molecular flexibility index (Phi) is 5.50. The quantitative estimate of drug-likeness (QED) is 0.709. The molecule has 2 fully saturated rings. The van der Waals surface area contributed by atoms with E-state index in [1.165, 1.54) is 18.1 Å². The van der Waals surface area contributed by atoms with Crippen LogP contribution in [0.1, 0.15) is 55.7 Å². The molecule has 0 aliphatic heterocycles. The highest BCUT2D eigenvalue weighted by atomic mass is 16.6. The maximum Gasteiger partial charge on any atom is 0.303 e. The first-order valence-corrected chi connectivity index (χ1v) is 11.7. The van der Waals surface area contributed by atoms with Gasteiger partial charge in [0.15, 0.2) is 0 Å². The SMILES string of the molecule is CC(=O)O[C@H]1[C@H](O)[C@H](O)C2[C@@H]3CCc4cc(OCc5ccccc5)ccc4[C@H]3CC[C@@]21C. The van der Waals surface area contributed by atoms with Gasteiger partial charge in [-0.2, -0.15) is 0 Å². The fourth-order valence-corrected chi connectivity index (χ4v) is 6.81. The van der Waals surface area contributed by atoms with Gasteiger partial charge in [0.2, 0.25) is 0 Å². The maximum absolute atomic E-state index is 11.7. The second-order valence-corrected chi connectivity index (χ2v) is 10.0. The van der Waals surface area contributed by atoms with E-state index >= 15 is 0 Å². The number of carbonyl (C=O) groups is 1. The van der Waals surface area contributed by atoms with Crippen LogP contribution in [0.15, 0.2) is 48.5 Å². The zero-order chi connectivity index (χ0) is 22.5. The molecule has 5 heteroatoms. The zero-order valence-electron chi connectivity index (χ0n) is 18.7. The zero-order valence-corrected chi connectivity index (χ0v) is 18.7. The van der Waals surface area contributed by atoms with E-state index in [1.807, 2.05) is 18.2 Å². The number of hydrogen-bond donors (Lipinski definition) is 2. The number of rotatable bonds is 4. The molecular weight excluding hydrogens is 404 g/mol. The van der Waals surface area contributed by atoms with E-state index in [2.05, 4.69) is 37.3 Å². The third-order valence-corrected chi connectivity index (χ3v) is 8.21. The number of benzene rings is 2. The lowest BCUT2D eigenvalue weighted by molar-refractivity contribution is -0.161. The number of esters is 1. The number of aliphatic hydroxyl groups is 2. The van der Waals surface area contributed by atoms with Crippen LogP contribution >= 0.6 is 0 Å². The summed E-state index contributed by atoms with van der Waals surface area (Å²) < 4.78 is 11.6. The Hall–Kier alpha value is -2.37. The molecule has 0 amide bonds. The minimum atomic E-state index is -1.03. The second-order valence-electron chi connectivity index (χ2n) is 10.0. The highest BCUT2D eigenvalue weighted by Crippen LogP contribution is 2.61. The van der Waals surface area contributed by atoms with Gasteiger partial charge >= 0.3 is 5.97 Å². The number of hydrogen-bond acceptors (Lipinski definition) is 5. The monoisotopic (exact) mass is 436 g/mol. The third-order valence-electron chi connectivity index (χ3n) is 8.21. The Morgan fingerprint density at radius 2 is 1.88 bits per heavy atom. The van der Waals surface area contributed by atoms with Crippen molar-refractivity contribution in [3.05, 3.63) is 65.2 Å². The molecule has 2 aromatic carbocycles. The molecule has 0 radical (unpaired) electrons. The summed E-state index contributed by atoms with van der Waals surface area (Å²) in [5.41, 5.74) is 3.41. The van der Waals surface area contributed by atoms with Crippen molar-refractivity contribution in [2.24, 2.45) is 17.3 Å². The first-order chi connectivity index (χ1) is 15.4. The van der Waals surface area contributed by atoms with Crippen LogP contribution in [0.4, 0.5) is 0 Å². The number of aliphatic hydroxyl groups excluding tert-OH is 2. The van der Waals surface area contributed by atoms with E-state index in [0.29, 0.717) is 12.5 Å². The molecule has 0 saturated heterocycles. The van der Waals surface area contributed by atoms with Crippen LogP contribution in [0.5, 0.6) is 5.75 Å². The average Bonchev–Trinajstić information content (AvgIpc) is 2.98.